The summed E-state index contributed by atoms with van der Waals surface area (Å²) in [6.07, 6.45) is 9.17. The Hall–Kier alpha value is -1.42. The molecule has 140 valence electrons. The van der Waals surface area contributed by atoms with E-state index < -0.39 is 0 Å². The van der Waals surface area contributed by atoms with Crippen molar-refractivity contribution in [3.63, 3.8) is 0 Å². The van der Waals surface area contributed by atoms with E-state index in [4.69, 9.17) is 0 Å². The third-order valence-corrected chi connectivity index (χ3v) is 7.88. The van der Waals surface area contributed by atoms with E-state index >= 15 is 0 Å². The molecule has 1 spiro atoms. The minimum absolute atomic E-state index is 0.0491. The Morgan fingerprint density at radius 1 is 1.15 bits per heavy atom. The van der Waals surface area contributed by atoms with Gasteiger partial charge >= 0.3 is 0 Å². The van der Waals surface area contributed by atoms with E-state index in [0.29, 0.717) is 0 Å². The molecule has 2 saturated carbocycles. The molecule has 5 rings (SSSR count). The highest BCUT2D eigenvalue weighted by Crippen LogP contribution is 2.49. The number of carbonyl (C=O) groups excluding carboxylic acids is 1. The van der Waals surface area contributed by atoms with Gasteiger partial charge in [-0.15, -0.1) is 0 Å². The Bertz CT molecular complexity index is 725. The monoisotopic (exact) mass is 356 g/mol. The first-order chi connectivity index (χ1) is 12.6. The number of benzene rings is 1. The quantitative estimate of drug-likeness (QED) is 0.756. The van der Waals surface area contributed by atoms with Gasteiger partial charge in [0, 0.05) is 30.6 Å². The van der Waals surface area contributed by atoms with Crippen LogP contribution >= 0.6 is 0 Å². The van der Waals surface area contributed by atoms with Gasteiger partial charge < -0.3 is 9.80 Å². The predicted molar refractivity (Wildman–Crippen MR) is 101 cm³/mol. The van der Waals surface area contributed by atoms with Crippen LogP contribution in [0.1, 0.15) is 57.4 Å². The molecule has 0 N–H and O–H groups in total. The number of piperidine rings is 1. The van der Waals surface area contributed by atoms with E-state index in [9.17, 15) is 9.18 Å². The lowest BCUT2D eigenvalue weighted by Crippen LogP contribution is -2.51. The van der Waals surface area contributed by atoms with E-state index in [0.717, 1.165) is 61.6 Å². The van der Waals surface area contributed by atoms with E-state index in [-0.39, 0.29) is 17.1 Å². The lowest BCUT2D eigenvalue weighted by atomic mass is 9.73. The van der Waals surface area contributed by atoms with Crippen molar-refractivity contribution in [2.75, 3.05) is 24.5 Å². The van der Waals surface area contributed by atoms with Crippen molar-refractivity contribution in [1.29, 1.82) is 0 Å². The van der Waals surface area contributed by atoms with Crippen LogP contribution in [0.15, 0.2) is 18.2 Å². The minimum atomic E-state index is -0.180. The number of carbonyl (C=O) groups is 1. The Labute approximate surface area is 155 Å². The second-order valence-corrected chi connectivity index (χ2v) is 9.17. The van der Waals surface area contributed by atoms with E-state index in [1.54, 1.807) is 19.1 Å². The van der Waals surface area contributed by atoms with Crippen LogP contribution in [-0.2, 0) is 10.2 Å². The van der Waals surface area contributed by atoms with Crippen molar-refractivity contribution >= 4 is 11.6 Å². The SMILES string of the molecule is CC(=O)N1CC2(CCN(C3CCC4CC[C@@H]3C4)CC2)c2cc(F)ccc21. The lowest BCUT2D eigenvalue weighted by molar-refractivity contribution is -0.116. The Balaban J connectivity index is 1.37. The van der Waals surface area contributed by atoms with Crippen LogP contribution in [0.4, 0.5) is 10.1 Å². The summed E-state index contributed by atoms with van der Waals surface area (Å²) in [7, 11) is 0. The zero-order valence-electron chi connectivity index (χ0n) is 15.7. The van der Waals surface area contributed by atoms with Crippen molar-refractivity contribution in [2.45, 2.75) is 63.3 Å². The average Bonchev–Trinajstić information content (AvgIpc) is 3.16. The Morgan fingerprint density at radius 2 is 1.92 bits per heavy atom. The fourth-order valence-corrected chi connectivity index (χ4v) is 6.48. The van der Waals surface area contributed by atoms with Crippen molar-refractivity contribution in [1.82, 2.24) is 4.90 Å². The first-order valence-electron chi connectivity index (χ1n) is 10.4. The zero-order chi connectivity index (χ0) is 17.9. The zero-order valence-corrected chi connectivity index (χ0v) is 15.7. The molecule has 3 fully saturated rings. The average molecular weight is 356 g/mol. The Kier molecular flexibility index (Phi) is 3.89. The number of likely N-dealkylation sites (tertiary alicyclic amines) is 1. The molecular formula is C22H29FN2O. The van der Waals surface area contributed by atoms with Gasteiger partial charge in [0.15, 0.2) is 0 Å². The van der Waals surface area contributed by atoms with Crippen molar-refractivity contribution < 1.29 is 9.18 Å². The molecule has 2 heterocycles. The van der Waals surface area contributed by atoms with Gasteiger partial charge in [0.1, 0.15) is 5.82 Å². The lowest BCUT2D eigenvalue weighted by Gasteiger charge is -2.46. The van der Waals surface area contributed by atoms with Crippen LogP contribution in [-0.4, -0.2) is 36.5 Å². The molecule has 4 aliphatic rings. The summed E-state index contributed by atoms with van der Waals surface area (Å²) in [5.41, 5.74) is 1.95. The number of rotatable bonds is 1. The second kappa shape index (κ2) is 6.05. The number of hydrogen-bond acceptors (Lipinski definition) is 2. The molecule has 2 bridgehead atoms. The summed E-state index contributed by atoms with van der Waals surface area (Å²) >= 11 is 0. The van der Waals surface area contributed by atoms with Crippen LogP contribution in [0.25, 0.3) is 0 Å². The molecule has 2 aliphatic heterocycles. The molecule has 0 radical (unpaired) electrons. The third kappa shape index (κ3) is 2.52. The number of fused-ring (bicyclic) bond motifs is 4. The molecule has 2 unspecified atom stereocenters. The number of halogens is 1. The number of hydrogen-bond donors (Lipinski definition) is 0. The third-order valence-electron chi connectivity index (χ3n) is 7.88. The van der Waals surface area contributed by atoms with Gasteiger partial charge in [0.2, 0.25) is 5.91 Å². The Morgan fingerprint density at radius 3 is 2.69 bits per heavy atom. The van der Waals surface area contributed by atoms with Gasteiger partial charge in [0.05, 0.1) is 0 Å². The van der Waals surface area contributed by atoms with Crippen LogP contribution < -0.4 is 4.90 Å². The maximum Gasteiger partial charge on any atom is 0.223 e. The molecule has 2 aliphatic carbocycles. The van der Waals surface area contributed by atoms with E-state index in [2.05, 4.69) is 4.90 Å². The highest BCUT2D eigenvalue weighted by Gasteiger charge is 2.48. The second-order valence-electron chi connectivity index (χ2n) is 9.17. The van der Waals surface area contributed by atoms with Gasteiger partial charge in [0.25, 0.3) is 0 Å². The molecule has 1 aromatic carbocycles. The molecule has 1 saturated heterocycles. The summed E-state index contributed by atoms with van der Waals surface area (Å²) in [5, 5.41) is 0. The summed E-state index contributed by atoms with van der Waals surface area (Å²) in [6.45, 7) is 4.53. The maximum absolute atomic E-state index is 14.0. The fourth-order valence-electron chi connectivity index (χ4n) is 6.48. The number of nitrogens with zero attached hydrogens (tertiary/aromatic N) is 2. The first kappa shape index (κ1) is 16.7. The molecule has 3 atom stereocenters. The maximum atomic E-state index is 14.0. The molecule has 4 heteroatoms. The molecule has 0 aromatic heterocycles. The van der Waals surface area contributed by atoms with Crippen LogP contribution in [0.5, 0.6) is 0 Å². The van der Waals surface area contributed by atoms with Gasteiger partial charge in [-0.3, -0.25) is 4.79 Å². The first-order valence-corrected chi connectivity index (χ1v) is 10.4. The summed E-state index contributed by atoms with van der Waals surface area (Å²) in [4.78, 5) is 16.7. The van der Waals surface area contributed by atoms with Crippen molar-refractivity contribution in [2.24, 2.45) is 11.8 Å². The standard InChI is InChI=1S/C22H29FN2O/c1-15(26)25-14-22(19-13-18(23)5-7-21(19)25)8-10-24(11-9-22)20-6-3-16-2-4-17(20)12-16/h5,7,13,16-17,20H,2-4,6,8-12,14H2,1H3/t16?,17-,20?/m1/s1. The fraction of sp³-hybridized carbons (Fsp3) is 0.682. The van der Waals surface area contributed by atoms with E-state index in [1.807, 2.05) is 4.90 Å². The predicted octanol–water partition coefficient (Wildman–Crippen LogP) is 4.10. The number of anilines is 1. The molecule has 1 aromatic rings. The van der Waals surface area contributed by atoms with Crippen LogP contribution in [0.3, 0.4) is 0 Å². The molecule has 1 amide bonds. The van der Waals surface area contributed by atoms with Gasteiger partial charge in [-0.2, -0.15) is 0 Å². The van der Waals surface area contributed by atoms with Gasteiger partial charge in [-0.1, -0.05) is 6.42 Å². The van der Waals surface area contributed by atoms with Crippen molar-refractivity contribution in [3.05, 3.63) is 29.6 Å². The number of amides is 1. The molecule has 26 heavy (non-hydrogen) atoms. The van der Waals surface area contributed by atoms with Gasteiger partial charge in [-0.25, -0.2) is 4.39 Å². The highest BCUT2D eigenvalue weighted by atomic mass is 19.1. The normalized spacial score (nSPS) is 32.8. The van der Waals surface area contributed by atoms with Crippen LogP contribution in [0, 0.1) is 17.7 Å². The van der Waals surface area contributed by atoms with Crippen LogP contribution in [0.2, 0.25) is 0 Å². The molecular weight excluding hydrogens is 327 g/mol. The highest BCUT2D eigenvalue weighted by molar-refractivity contribution is 5.94. The largest absolute Gasteiger partial charge is 0.311 e. The smallest absolute Gasteiger partial charge is 0.223 e. The minimum Gasteiger partial charge on any atom is -0.311 e. The van der Waals surface area contributed by atoms with Crippen molar-refractivity contribution in [3.8, 4) is 0 Å². The molecule has 3 nitrogen and oxygen atoms in total. The summed E-state index contributed by atoms with van der Waals surface area (Å²) in [5.74, 6) is 1.80. The summed E-state index contributed by atoms with van der Waals surface area (Å²) < 4.78 is 14.0. The van der Waals surface area contributed by atoms with E-state index in [1.165, 1.54) is 38.2 Å². The van der Waals surface area contributed by atoms with Gasteiger partial charge in [-0.05, 0) is 87.2 Å². The summed E-state index contributed by atoms with van der Waals surface area (Å²) in [6, 6.07) is 5.74. The topological polar surface area (TPSA) is 23.6 Å².